The minimum absolute atomic E-state index is 0.0350. The van der Waals surface area contributed by atoms with Gasteiger partial charge in [-0.15, -0.1) is 0 Å². The molecule has 0 spiro atoms. The fraction of sp³-hybridized carbons (Fsp3) is 0.368. The van der Waals surface area contributed by atoms with E-state index in [0.717, 1.165) is 42.6 Å². The smallest absolute Gasteiger partial charge is 0.242 e. The van der Waals surface area contributed by atoms with Crippen molar-refractivity contribution in [1.29, 1.82) is 0 Å². The van der Waals surface area contributed by atoms with Crippen LogP contribution in [0.15, 0.2) is 48.8 Å². The summed E-state index contributed by atoms with van der Waals surface area (Å²) in [6, 6.07) is 11.6. The lowest BCUT2D eigenvalue weighted by Gasteiger charge is -2.26. The van der Waals surface area contributed by atoms with Gasteiger partial charge in [0, 0.05) is 25.5 Å². The Balaban J connectivity index is 1.69. The highest BCUT2D eigenvalue weighted by Crippen LogP contribution is 2.24. The molecule has 5 nitrogen and oxygen atoms in total. The van der Waals surface area contributed by atoms with E-state index in [1.54, 1.807) is 12.4 Å². The summed E-state index contributed by atoms with van der Waals surface area (Å²) >= 11 is 0. The Labute approximate surface area is 142 Å². The van der Waals surface area contributed by atoms with Crippen LogP contribution in [0.3, 0.4) is 0 Å². The van der Waals surface area contributed by atoms with Crippen LogP contribution in [-0.2, 0) is 17.9 Å². The minimum atomic E-state index is -0.260. The van der Waals surface area contributed by atoms with Crippen LogP contribution in [0.2, 0.25) is 0 Å². The average molecular weight is 324 g/mol. The van der Waals surface area contributed by atoms with Crippen LogP contribution in [0, 0.1) is 0 Å². The summed E-state index contributed by atoms with van der Waals surface area (Å²) in [5.74, 6) is 0.0350. The number of rotatable bonds is 6. The second-order valence-corrected chi connectivity index (χ2v) is 6.17. The van der Waals surface area contributed by atoms with Crippen LogP contribution in [0.5, 0.6) is 0 Å². The topological polar surface area (TPSA) is 71.2 Å². The quantitative estimate of drug-likeness (QED) is 0.852. The summed E-state index contributed by atoms with van der Waals surface area (Å²) in [5, 5.41) is 3.07. The van der Waals surface area contributed by atoms with Gasteiger partial charge in [-0.1, -0.05) is 30.3 Å². The first kappa shape index (κ1) is 16.6. The van der Waals surface area contributed by atoms with Crippen molar-refractivity contribution in [2.75, 3.05) is 13.1 Å². The summed E-state index contributed by atoms with van der Waals surface area (Å²) in [7, 11) is 0. The van der Waals surface area contributed by atoms with Crippen LogP contribution >= 0.6 is 0 Å². The van der Waals surface area contributed by atoms with Crippen molar-refractivity contribution in [3.63, 3.8) is 0 Å². The predicted octanol–water partition coefficient (Wildman–Crippen LogP) is 1.99. The standard InChI is InChI=1S/C19H24N4O/c20-12-15-5-7-16(8-6-15)13-22-19(24)18(23-10-1-2-11-23)17-4-3-9-21-14-17/h3-9,14,18H,1-2,10-13,20H2,(H,22,24). The molecule has 0 aliphatic carbocycles. The molecule has 0 radical (unpaired) electrons. The van der Waals surface area contributed by atoms with Gasteiger partial charge in [0.15, 0.2) is 0 Å². The SMILES string of the molecule is NCc1ccc(CNC(=O)C(c2cccnc2)N2CCCC2)cc1. The molecule has 24 heavy (non-hydrogen) atoms. The summed E-state index contributed by atoms with van der Waals surface area (Å²) in [6.07, 6.45) is 5.81. The Bertz CT molecular complexity index is 651. The van der Waals surface area contributed by atoms with E-state index in [4.69, 9.17) is 5.73 Å². The monoisotopic (exact) mass is 324 g/mol. The fourth-order valence-corrected chi connectivity index (χ4v) is 3.14. The van der Waals surface area contributed by atoms with Crippen molar-refractivity contribution in [2.45, 2.75) is 32.0 Å². The molecule has 1 atom stereocenters. The third-order valence-electron chi connectivity index (χ3n) is 4.48. The number of nitrogens with zero attached hydrogens (tertiary/aromatic N) is 2. The molecule has 1 aliphatic heterocycles. The van der Waals surface area contributed by atoms with Gasteiger partial charge in [-0.05, 0) is 48.7 Å². The number of carbonyl (C=O) groups excluding carboxylic acids is 1. The van der Waals surface area contributed by atoms with E-state index in [1.165, 1.54) is 0 Å². The zero-order chi connectivity index (χ0) is 16.8. The van der Waals surface area contributed by atoms with Crippen LogP contribution in [0.4, 0.5) is 0 Å². The van der Waals surface area contributed by atoms with Gasteiger partial charge in [-0.25, -0.2) is 0 Å². The zero-order valence-electron chi connectivity index (χ0n) is 13.8. The summed E-state index contributed by atoms with van der Waals surface area (Å²) in [5.41, 5.74) is 8.74. The molecule has 0 bridgehead atoms. The minimum Gasteiger partial charge on any atom is -0.350 e. The first-order valence-electron chi connectivity index (χ1n) is 8.47. The summed E-state index contributed by atoms with van der Waals surface area (Å²) in [4.78, 5) is 19.2. The van der Waals surface area contributed by atoms with Gasteiger partial charge < -0.3 is 11.1 Å². The fourth-order valence-electron chi connectivity index (χ4n) is 3.14. The third kappa shape index (κ3) is 3.99. The molecule has 2 heterocycles. The van der Waals surface area contributed by atoms with E-state index in [2.05, 4.69) is 15.2 Å². The van der Waals surface area contributed by atoms with E-state index in [1.807, 2.05) is 36.4 Å². The third-order valence-corrected chi connectivity index (χ3v) is 4.48. The van der Waals surface area contributed by atoms with Crippen LogP contribution < -0.4 is 11.1 Å². The molecule has 1 aliphatic rings. The van der Waals surface area contributed by atoms with E-state index >= 15 is 0 Å². The lowest BCUT2D eigenvalue weighted by molar-refractivity contribution is -0.126. The zero-order valence-corrected chi connectivity index (χ0v) is 13.8. The molecule has 1 aromatic carbocycles. The lowest BCUT2D eigenvalue weighted by Crippen LogP contribution is -2.39. The van der Waals surface area contributed by atoms with Gasteiger partial charge in [0.05, 0.1) is 0 Å². The Morgan fingerprint density at radius 2 is 1.88 bits per heavy atom. The molecule has 3 N–H and O–H groups in total. The van der Waals surface area contributed by atoms with Crippen LogP contribution in [-0.4, -0.2) is 28.9 Å². The molecule has 2 aromatic rings. The van der Waals surface area contributed by atoms with Crippen molar-refractivity contribution in [1.82, 2.24) is 15.2 Å². The number of hydrogen-bond acceptors (Lipinski definition) is 4. The maximum Gasteiger partial charge on any atom is 0.242 e. The number of benzene rings is 1. The van der Waals surface area contributed by atoms with Gasteiger partial charge in [0.2, 0.25) is 5.91 Å². The molecule has 1 saturated heterocycles. The molecule has 1 fully saturated rings. The molecule has 1 aromatic heterocycles. The summed E-state index contributed by atoms with van der Waals surface area (Å²) < 4.78 is 0. The van der Waals surface area contributed by atoms with E-state index in [0.29, 0.717) is 13.1 Å². The molecule has 1 unspecified atom stereocenters. The molecular weight excluding hydrogens is 300 g/mol. The number of likely N-dealkylation sites (tertiary alicyclic amines) is 1. The Morgan fingerprint density at radius 1 is 1.17 bits per heavy atom. The first-order chi connectivity index (χ1) is 11.8. The molecular formula is C19H24N4O. The maximum atomic E-state index is 12.8. The number of nitrogens with one attached hydrogen (secondary N) is 1. The Hall–Kier alpha value is -2.24. The van der Waals surface area contributed by atoms with E-state index in [9.17, 15) is 4.79 Å². The van der Waals surface area contributed by atoms with Gasteiger partial charge in [0.25, 0.3) is 0 Å². The number of carbonyl (C=O) groups is 1. The maximum absolute atomic E-state index is 12.8. The number of amides is 1. The van der Waals surface area contributed by atoms with Crippen molar-refractivity contribution < 1.29 is 4.79 Å². The number of aromatic nitrogens is 1. The molecule has 3 rings (SSSR count). The van der Waals surface area contributed by atoms with Crippen LogP contribution in [0.25, 0.3) is 0 Å². The molecule has 1 amide bonds. The second-order valence-electron chi connectivity index (χ2n) is 6.17. The Morgan fingerprint density at radius 3 is 2.50 bits per heavy atom. The van der Waals surface area contributed by atoms with Crippen molar-refractivity contribution in [2.24, 2.45) is 5.73 Å². The van der Waals surface area contributed by atoms with E-state index in [-0.39, 0.29) is 11.9 Å². The van der Waals surface area contributed by atoms with E-state index < -0.39 is 0 Å². The lowest BCUT2D eigenvalue weighted by atomic mass is 10.1. The molecule has 0 saturated carbocycles. The highest BCUT2D eigenvalue weighted by Gasteiger charge is 2.29. The van der Waals surface area contributed by atoms with Crippen molar-refractivity contribution >= 4 is 5.91 Å². The van der Waals surface area contributed by atoms with Gasteiger partial charge in [-0.3, -0.25) is 14.7 Å². The van der Waals surface area contributed by atoms with Gasteiger partial charge in [0.1, 0.15) is 6.04 Å². The van der Waals surface area contributed by atoms with Gasteiger partial charge >= 0.3 is 0 Å². The highest BCUT2D eigenvalue weighted by atomic mass is 16.2. The normalized spacial score (nSPS) is 16.0. The molecule has 5 heteroatoms. The summed E-state index contributed by atoms with van der Waals surface area (Å²) in [6.45, 7) is 2.97. The van der Waals surface area contributed by atoms with Crippen molar-refractivity contribution in [3.05, 3.63) is 65.5 Å². The number of hydrogen-bond donors (Lipinski definition) is 2. The first-order valence-corrected chi connectivity index (χ1v) is 8.47. The van der Waals surface area contributed by atoms with Gasteiger partial charge in [-0.2, -0.15) is 0 Å². The Kier molecular flexibility index (Phi) is 5.56. The second kappa shape index (κ2) is 8.04. The average Bonchev–Trinajstić information content (AvgIpc) is 3.15. The predicted molar refractivity (Wildman–Crippen MR) is 94.0 cm³/mol. The molecule has 126 valence electrons. The highest BCUT2D eigenvalue weighted by molar-refractivity contribution is 5.83. The number of pyridine rings is 1. The number of nitrogens with two attached hydrogens (primary N) is 1. The largest absolute Gasteiger partial charge is 0.350 e. The van der Waals surface area contributed by atoms with Crippen molar-refractivity contribution in [3.8, 4) is 0 Å². The van der Waals surface area contributed by atoms with Crippen LogP contribution in [0.1, 0.15) is 35.6 Å².